The predicted octanol–water partition coefficient (Wildman–Crippen LogP) is 3.08. The first-order valence-electron chi connectivity index (χ1n) is 10.3. The maximum Gasteiger partial charge on any atom is 0.277 e. The Bertz CT molecular complexity index is 738. The summed E-state index contributed by atoms with van der Waals surface area (Å²) in [6.07, 6.45) is 4.84. The lowest BCUT2D eigenvalue weighted by Crippen LogP contribution is -2.35. The first kappa shape index (κ1) is 20.4. The molecule has 3 rings (SSSR count). The zero-order valence-electron chi connectivity index (χ0n) is 16.9. The number of unbranched alkanes of at least 4 members (excludes halogenated alkanes) is 1. The van der Waals surface area contributed by atoms with Crippen molar-refractivity contribution >= 4 is 17.4 Å². The highest BCUT2D eigenvalue weighted by molar-refractivity contribution is 6.36. The van der Waals surface area contributed by atoms with E-state index in [4.69, 9.17) is 9.47 Å². The molecule has 6 heteroatoms. The van der Waals surface area contributed by atoms with E-state index in [9.17, 15) is 9.59 Å². The molecular formula is C22H30N2O4. The molecule has 6 nitrogen and oxygen atoms in total. The average Bonchev–Trinajstić information content (AvgIpc) is 3.32. The van der Waals surface area contributed by atoms with Crippen LogP contribution in [-0.4, -0.2) is 61.6 Å². The SMILES string of the molecule is CCCCOCCCN1C(=O)C(c2ccccc2OC)=C(N2CCCC2)C1=O. The summed E-state index contributed by atoms with van der Waals surface area (Å²) in [6, 6.07) is 7.41. The number of nitrogens with zero attached hydrogens (tertiary/aromatic N) is 2. The lowest BCUT2D eigenvalue weighted by molar-refractivity contribution is -0.137. The van der Waals surface area contributed by atoms with Gasteiger partial charge in [-0.05, 0) is 31.7 Å². The van der Waals surface area contributed by atoms with E-state index in [1.807, 2.05) is 24.3 Å². The van der Waals surface area contributed by atoms with E-state index < -0.39 is 0 Å². The first-order chi connectivity index (χ1) is 13.7. The van der Waals surface area contributed by atoms with Gasteiger partial charge in [0.2, 0.25) is 0 Å². The fourth-order valence-corrected chi connectivity index (χ4v) is 3.77. The van der Waals surface area contributed by atoms with Gasteiger partial charge in [-0.25, -0.2) is 0 Å². The van der Waals surface area contributed by atoms with Crippen molar-refractivity contribution in [3.8, 4) is 5.75 Å². The molecule has 0 radical (unpaired) electrons. The Morgan fingerprint density at radius 3 is 2.43 bits per heavy atom. The Morgan fingerprint density at radius 2 is 1.71 bits per heavy atom. The minimum absolute atomic E-state index is 0.193. The van der Waals surface area contributed by atoms with Gasteiger partial charge in [0.1, 0.15) is 11.4 Å². The fraction of sp³-hybridized carbons (Fsp3) is 0.545. The number of ether oxygens (including phenoxy) is 2. The largest absolute Gasteiger partial charge is 0.496 e. The molecule has 0 saturated carbocycles. The van der Waals surface area contributed by atoms with Gasteiger partial charge in [0.25, 0.3) is 11.8 Å². The molecule has 1 fully saturated rings. The zero-order chi connectivity index (χ0) is 19.9. The van der Waals surface area contributed by atoms with E-state index in [0.29, 0.717) is 42.2 Å². The molecule has 0 spiro atoms. The van der Waals surface area contributed by atoms with Crippen LogP contribution in [0.5, 0.6) is 5.75 Å². The van der Waals surface area contributed by atoms with Crippen molar-refractivity contribution in [1.29, 1.82) is 0 Å². The van der Waals surface area contributed by atoms with Crippen LogP contribution in [0.2, 0.25) is 0 Å². The molecule has 2 amide bonds. The molecule has 0 aromatic heterocycles. The standard InChI is InChI=1S/C22H30N2O4/c1-3-4-15-28-16-9-14-24-21(25)19(17-10-5-6-11-18(17)27-2)20(22(24)26)23-12-7-8-13-23/h5-6,10-11H,3-4,7-9,12-16H2,1-2H3. The summed E-state index contributed by atoms with van der Waals surface area (Å²) < 4.78 is 11.1. The molecule has 1 aromatic rings. The van der Waals surface area contributed by atoms with Crippen molar-refractivity contribution in [3.05, 3.63) is 35.5 Å². The summed E-state index contributed by atoms with van der Waals surface area (Å²) in [5.74, 6) is 0.186. The van der Waals surface area contributed by atoms with E-state index >= 15 is 0 Å². The van der Waals surface area contributed by atoms with Crippen LogP contribution in [0, 0.1) is 0 Å². The van der Waals surface area contributed by atoms with Gasteiger partial charge in [-0.2, -0.15) is 0 Å². The Labute approximate surface area is 167 Å². The highest BCUT2D eigenvalue weighted by Gasteiger charge is 2.42. The average molecular weight is 386 g/mol. The van der Waals surface area contributed by atoms with Crippen LogP contribution in [0.25, 0.3) is 5.57 Å². The number of carbonyl (C=O) groups excluding carboxylic acids is 2. The summed E-state index contributed by atoms with van der Waals surface area (Å²) in [4.78, 5) is 29.8. The minimum Gasteiger partial charge on any atom is -0.496 e. The van der Waals surface area contributed by atoms with Crippen molar-refractivity contribution in [1.82, 2.24) is 9.80 Å². The third-order valence-electron chi connectivity index (χ3n) is 5.25. The molecule has 2 aliphatic heterocycles. The number of para-hydroxylation sites is 1. The maximum absolute atomic E-state index is 13.2. The van der Waals surface area contributed by atoms with Gasteiger partial charge in [-0.15, -0.1) is 0 Å². The van der Waals surface area contributed by atoms with Crippen molar-refractivity contribution < 1.29 is 19.1 Å². The summed E-state index contributed by atoms with van der Waals surface area (Å²) in [5.41, 5.74) is 1.68. The van der Waals surface area contributed by atoms with Gasteiger partial charge in [0.05, 0.1) is 12.7 Å². The van der Waals surface area contributed by atoms with Crippen LogP contribution in [0.3, 0.4) is 0 Å². The molecule has 2 aliphatic rings. The summed E-state index contributed by atoms with van der Waals surface area (Å²) >= 11 is 0. The van der Waals surface area contributed by atoms with Crippen LogP contribution < -0.4 is 4.74 Å². The van der Waals surface area contributed by atoms with Crippen LogP contribution in [0.15, 0.2) is 30.0 Å². The van der Waals surface area contributed by atoms with E-state index in [0.717, 1.165) is 45.4 Å². The molecule has 1 aromatic carbocycles. The zero-order valence-corrected chi connectivity index (χ0v) is 16.9. The molecule has 0 atom stereocenters. The minimum atomic E-state index is -0.232. The quantitative estimate of drug-likeness (QED) is 0.457. The van der Waals surface area contributed by atoms with Gasteiger partial charge in [0, 0.05) is 38.4 Å². The van der Waals surface area contributed by atoms with Gasteiger partial charge in [-0.1, -0.05) is 31.5 Å². The van der Waals surface area contributed by atoms with Crippen molar-refractivity contribution in [3.63, 3.8) is 0 Å². The number of carbonyl (C=O) groups is 2. The molecule has 2 heterocycles. The maximum atomic E-state index is 13.2. The van der Waals surface area contributed by atoms with Crippen LogP contribution in [-0.2, 0) is 14.3 Å². The summed E-state index contributed by atoms with van der Waals surface area (Å²) in [5, 5.41) is 0. The topological polar surface area (TPSA) is 59.1 Å². The number of amides is 2. The second-order valence-electron chi connectivity index (χ2n) is 7.20. The second-order valence-corrected chi connectivity index (χ2v) is 7.20. The molecule has 0 N–H and O–H groups in total. The van der Waals surface area contributed by atoms with E-state index in [-0.39, 0.29) is 11.8 Å². The smallest absolute Gasteiger partial charge is 0.277 e. The van der Waals surface area contributed by atoms with Gasteiger partial charge >= 0.3 is 0 Å². The summed E-state index contributed by atoms with van der Waals surface area (Å²) in [6.45, 7) is 5.39. The number of likely N-dealkylation sites (tertiary alicyclic amines) is 1. The molecule has 0 bridgehead atoms. The van der Waals surface area contributed by atoms with E-state index in [1.165, 1.54) is 4.90 Å². The first-order valence-corrected chi connectivity index (χ1v) is 10.3. The number of benzene rings is 1. The number of hydrogen-bond donors (Lipinski definition) is 0. The Hall–Kier alpha value is -2.34. The van der Waals surface area contributed by atoms with Gasteiger partial charge in [0.15, 0.2) is 0 Å². The number of imide groups is 1. The van der Waals surface area contributed by atoms with E-state index in [1.54, 1.807) is 7.11 Å². The Balaban J connectivity index is 1.82. The highest BCUT2D eigenvalue weighted by atomic mass is 16.5. The summed E-state index contributed by atoms with van der Waals surface area (Å²) in [7, 11) is 1.58. The van der Waals surface area contributed by atoms with Crippen LogP contribution >= 0.6 is 0 Å². The molecule has 28 heavy (non-hydrogen) atoms. The lowest BCUT2D eigenvalue weighted by Gasteiger charge is -2.20. The van der Waals surface area contributed by atoms with Gasteiger partial charge in [-0.3, -0.25) is 14.5 Å². The number of hydrogen-bond acceptors (Lipinski definition) is 5. The molecule has 0 aliphatic carbocycles. The molecule has 1 saturated heterocycles. The van der Waals surface area contributed by atoms with E-state index in [2.05, 4.69) is 11.8 Å². The van der Waals surface area contributed by atoms with Crippen LogP contribution in [0.4, 0.5) is 0 Å². The lowest BCUT2D eigenvalue weighted by atomic mass is 10.0. The molecular weight excluding hydrogens is 356 g/mol. The number of methoxy groups -OCH3 is 1. The van der Waals surface area contributed by atoms with Crippen molar-refractivity contribution in [2.75, 3.05) is 40.0 Å². The molecule has 152 valence electrons. The third kappa shape index (κ3) is 4.22. The van der Waals surface area contributed by atoms with Crippen molar-refractivity contribution in [2.45, 2.75) is 39.0 Å². The normalized spacial score (nSPS) is 17.2. The Morgan fingerprint density at radius 1 is 1.00 bits per heavy atom. The second kappa shape index (κ2) is 9.73. The molecule has 0 unspecified atom stereocenters. The third-order valence-corrected chi connectivity index (χ3v) is 5.25. The predicted molar refractivity (Wildman–Crippen MR) is 108 cm³/mol. The monoisotopic (exact) mass is 386 g/mol. The highest BCUT2D eigenvalue weighted by Crippen LogP contribution is 2.37. The fourth-order valence-electron chi connectivity index (χ4n) is 3.77. The van der Waals surface area contributed by atoms with Crippen LogP contribution in [0.1, 0.15) is 44.6 Å². The van der Waals surface area contributed by atoms with Gasteiger partial charge < -0.3 is 14.4 Å². The number of rotatable bonds is 10. The Kier molecular flexibility index (Phi) is 7.09. The van der Waals surface area contributed by atoms with Crippen molar-refractivity contribution in [2.24, 2.45) is 0 Å².